The van der Waals surface area contributed by atoms with Crippen molar-refractivity contribution < 1.29 is 27.6 Å². The Morgan fingerprint density at radius 1 is 1.27 bits per heavy atom. The van der Waals surface area contributed by atoms with Crippen molar-refractivity contribution in [2.24, 2.45) is 5.16 Å². The van der Waals surface area contributed by atoms with Gasteiger partial charge in [0.15, 0.2) is 15.2 Å². The number of esters is 1. The second-order valence-corrected chi connectivity index (χ2v) is 11.6. The normalized spacial score (nSPS) is 21.6. The Balaban J connectivity index is 1.83. The zero-order valence-electron chi connectivity index (χ0n) is 18.8. The van der Waals surface area contributed by atoms with Crippen molar-refractivity contribution in [3.05, 3.63) is 56.7 Å². The van der Waals surface area contributed by atoms with E-state index >= 15 is 0 Å². The number of rotatable bonds is 5. The molecule has 0 spiro atoms. The molecule has 2 aliphatic rings. The van der Waals surface area contributed by atoms with Crippen LogP contribution in [0.3, 0.4) is 0 Å². The van der Waals surface area contributed by atoms with Crippen molar-refractivity contribution in [3.8, 4) is 0 Å². The van der Waals surface area contributed by atoms with Crippen LogP contribution >= 0.6 is 23.2 Å². The Bertz CT molecular complexity index is 1190. The quantitative estimate of drug-likeness (QED) is 0.193. The van der Waals surface area contributed by atoms with Gasteiger partial charge in [-0.2, -0.15) is 0 Å². The van der Waals surface area contributed by atoms with Crippen LogP contribution < -0.4 is 0 Å². The number of β-lactam (4-membered cyclic amide) rings is 1. The molecule has 0 bridgehead atoms. The minimum atomic E-state index is -3.75. The van der Waals surface area contributed by atoms with Gasteiger partial charge in [0.25, 0.3) is 5.91 Å². The predicted octanol–water partition coefficient (Wildman–Crippen LogP) is 4.02. The molecule has 1 unspecified atom stereocenters. The fourth-order valence-electron chi connectivity index (χ4n) is 3.50. The van der Waals surface area contributed by atoms with Gasteiger partial charge in [0.2, 0.25) is 0 Å². The van der Waals surface area contributed by atoms with Crippen LogP contribution in [-0.4, -0.2) is 47.6 Å². The molecular weight excluding hydrogens is 491 g/mol. The number of allylic oxidation sites excluding steroid dienone is 1. The van der Waals surface area contributed by atoms with Crippen molar-refractivity contribution >= 4 is 50.6 Å². The first-order valence-electron chi connectivity index (χ1n) is 10.0. The molecule has 0 aromatic heterocycles. The van der Waals surface area contributed by atoms with Crippen LogP contribution in [0, 0.1) is 0 Å². The molecule has 0 saturated carbocycles. The van der Waals surface area contributed by atoms with E-state index in [0.29, 0.717) is 15.6 Å². The highest BCUT2D eigenvalue weighted by molar-refractivity contribution is 7.92. The van der Waals surface area contributed by atoms with Crippen LogP contribution in [0.15, 0.2) is 46.3 Å². The highest BCUT2D eigenvalue weighted by atomic mass is 35.5. The van der Waals surface area contributed by atoms with E-state index in [1.165, 1.54) is 13.0 Å². The van der Waals surface area contributed by atoms with Gasteiger partial charge in [-0.15, -0.1) is 0 Å². The van der Waals surface area contributed by atoms with Crippen LogP contribution in [0.1, 0.15) is 40.2 Å². The Morgan fingerprint density at radius 2 is 1.88 bits per heavy atom. The third-order valence-electron chi connectivity index (χ3n) is 4.81. The van der Waals surface area contributed by atoms with E-state index in [4.69, 9.17) is 32.8 Å². The van der Waals surface area contributed by atoms with Gasteiger partial charge < -0.3 is 9.57 Å². The first-order chi connectivity index (χ1) is 15.2. The Kier molecular flexibility index (Phi) is 6.98. The summed E-state index contributed by atoms with van der Waals surface area (Å²) < 4.78 is 31.0. The monoisotopic (exact) mass is 514 g/mol. The number of hydrogen-bond donors (Lipinski definition) is 0. The number of amides is 1. The highest BCUT2D eigenvalue weighted by Gasteiger charge is 2.56. The van der Waals surface area contributed by atoms with E-state index in [9.17, 15) is 18.0 Å². The molecule has 3 rings (SSSR count). The second kappa shape index (κ2) is 9.12. The number of sulfone groups is 1. The number of benzene rings is 1. The highest BCUT2D eigenvalue weighted by Crippen LogP contribution is 2.40. The van der Waals surface area contributed by atoms with E-state index in [1.807, 2.05) is 0 Å². The molecular formula is C22H24Cl2N2O6S. The number of carbonyl (C=O) groups is 2. The molecule has 0 radical (unpaired) electrons. The maximum absolute atomic E-state index is 12.9. The summed E-state index contributed by atoms with van der Waals surface area (Å²) in [6, 6.07) is 5.03. The maximum Gasteiger partial charge on any atom is 0.355 e. The number of halogens is 2. The van der Waals surface area contributed by atoms with E-state index < -0.39 is 32.7 Å². The number of hydrogen-bond acceptors (Lipinski definition) is 7. The Labute approximate surface area is 202 Å². The summed E-state index contributed by atoms with van der Waals surface area (Å²) in [6.07, 6.45) is 1.34. The van der Waals surface area contributed by atoms with Crippen LogP contribution in [-0.2, 0) is 35.6 Å². The number of carbonyl (C=O) groups excluding carboxylic acids is 2. The standard InChI is InChI=1S/C22H24Cl2N2O6S/c1-12-11-33(29,30)20-14(19(27)26(20)18(12)21(28)32-22(3,4)5)9-13(2)25-31-10-15-16(23)7-6-8-17(15)24/h6-9,20H,10-11H2,1-5H3/b14-9-,25-13-. The fourth-order valence-corrected chi connectivity index (χ4v) is 5.99. The molecule has 1 amide bonds. The van der Waals surface area contributed by atoms with Crippen molar-refractivity contribution in [2.75, 3.05) is 5.75 Å². The number of ether oxygens (including phenoxy) is 1. The number of fused-ring (bicyclic) bond motifs is 1. The largest absolute Gasteiger partial charge is 0.455 e. The lowest BCUT2D eigenvalue weighted by Crippen LogP contribution is -2.62. The first kappa shape index (κ1) is 25.3. The van der Waals surface area contributed by atoms with Gasteiger partial charge in [-0.1, -0.05) is 34.4 Å². The lowest BCUT2D eigenvalue weighted by Gasteiger charge is -2.45. The van der Waals surface area contributed by atoms with Crippen molar-refractivity contribution in [1.82, 2.24) is 4.90 Å². The van der Waals surface area contributed by atoms with Gasteiger partial charge in [0.1, 0.15) is 17.9 Å². The van der Waals surface area contributed by atoms with E-state index in [2.05, 4.69) is 5.16 Å². The summed E-state index contributed by atoms with van der Waals surface area (Å²) >= 11 is 12.2. The molecule has 1 fully saturated rings. The molecule has 33 heavy (non-hydrogen) atoms. The average molecular weight is 515 g/mol. The lowest BCUT2D eigenvalue weighted by molar-refractivity contribution is -0.155. The smallest absolute Gasteiger partial charge is 0.355 e. The van der Waals surface area contributed by atoms with Gasteiger partial charge in [-0.05, 0) is 58.4 Å². The molecule has 2 aliphatic heterocycles. The summed E-state index contributed by atoms with van der Waals surface area (Å²) in [7, 11) is -3.75. The van der Waals surface area contributed by atoms with E-state index in [0.717, 1.165) is 4.90 Å². The Hall–Kier alpha value is -2.36. The van der Waals surface area contributed by atoms with Crippen LogP contribution in [0.4, 0.5) is 0 Å². The Morgan fingerprint density at radius 3 is 2.45 bits per heavy atom. The van der Waals surface area contributed by atoms with Crippen molar-refractivity contribution in [1.29, 1.82) is 0 Å². The topological polar surface area (TPSA) is 102 Å². The van der Waals surface area contributed by atoms with Gasteiger partial charge in [0.05, 0.1) is 17.0 Å². The van der Waals surface area contributed by atoms with Gasteiger partial charge in [-0.3, -0.25) is 9.69 Å². The number of nitrogens with zero attached hydrogens (tertiary/aromatic N) is 2. The molecule has 1 atom stereocenters. The number of oxime groups is 1. The third-order valence-corrected chi connectivity index (χ3v) is 7.49. The summed E-state index contributed by atoms with van der Waals surface area (Å²) in [6.45, 7) is 8.13. The molecule has 8 nitrogen and oxygen atoms in total. The summed E-state index contributed by atoms with van der Waals surface area (Å²) in [5, 5.41) is 3.48. The second-order valence-electron chi connectivity index (χ2n) is 8.77. The van der Waals surface area contributed by atoms with Crippen LogP contribution in [0.5, 0.6) is 0 Å². The summed E-state index contributed by atoms with van der Waals surface area (Å²) in [5.74, 6) is -1.70. The fraction of sp³-hybridized carbons (Fsp3) is 0.409. The molecule has 11 heteroatoms. The molecule has 0 aliphatic carbocycles. The zero-order chi connectivity index (χ0) is 24.7. The molecule has 178 valence electrons. The van der Waals surface area contributed by atoms with Crippen LogP contribution in [0.2, 0.25) is 10.0 Å². The first-order valence-corrected chi connectivity index (χ1v) is 12.5. The third kappa shape index (κ3) is 5.26. The van der Waals surface area contributed by atoms with Crippen LogP contribution in [0.25, 0.3) is 0 Å². The summed E-state index contributed by atoms with van der Waals surface area (Å²) in [5.41, 5.74) is 0.247. The maximum atomic E-state index is 12.9. The molecule has 1 saturated heterocycles. The minimum absolute atomic E-state index is 0.00387. The lowest BCUT2D eigenvalue weighted by atomic mass is 10.0. The molecule has 2 heterocycles. The van der Waals surface area contributed by atoms with Gasteiger partial charge in [-0.25, -0.2) is 13.2 Å². The van der Waals surface area contributed by atoms with Gasteiger partial charge in [0, 0.05) is 15.6 Å². The molecule has 1 aromatic rings. The zero-order valence-corrected chi connectivity index (χ0v) is 21.1. The minimum Gasteiger partial charge on any atom is -0.455 e. The predicted molar refractivity (Wildman–Crippen MR) is 125 cm³/mol. The van der Waals surface area contributed by atoms with Gasteiger partial charge >= 0.3 is 5.97 Å². The molecule has 0 N–H and O–H groups in total. The van der Waals surface area contributed by atoms with E-state index in [1.54, 1.807) is 45.9 Å². The average Bonchev–Trinajstić information content (AvgIpc) is 2.66. The summed E-state index contributed by atoms with van der Waals surface area (Å²) in [4.78, 5) is 31.8. The SMILES string of the molecule is CC1=C(C(=O)OC(C)(C)C)N2C(=O)/C(=C/C(C)=N\OCc3c(Cl)cccc3Cl)C2S(=O)(=O)C1. The van der Waals surface area contributed by atoms with Crippen molar-refractivity contribution in [3.63, 3.8) is 0 Å². The molecule has 1 aromatic carbocycles. The van der Waals surface area contributed by atoms with Crippen molar-refractivity contribution in [2.45, 2.75) is 52.2 Å². The van der Waals surface area contributed by atoms with E-state index in [-0.39, 0.29) is 34.9 Å².